The van der Waals surface area contributed by atoms with Crippen molar-refractivity contribution >= 4 is 27.3 Å². The average Bonchev–Trinajstić information content (AvgIpc) is 3.10. The van der Waals surface area contributed by atoms with E-state index in [2.05, 4.69) is 45.5 Å². The Labute approximate surface area is 154 Å². The van der Waals surface area contributed by atoms with Crippen LogP contribution in [0.15, 0.2) is 53.0 Å². The van der Waals surface area contributed by atoms with Crippen LogP contribution in [0.3, 0.4) is 0 Å². The first-order chi connectivity index (χ1) is 12.1. The summed E-state index contributed by atoms with van der Waals surface area (Å²) >= 11 is 3.48. The number of hydrogen-bond acceptors (Lipinski definition) is 4. The Hall–Kier alpha value is -2.34. The minimum atomic E-state index is -0.364. The minimum absolute atomic E-state index is 0.0681. The van der Waals surface area contributed by atoms with E-state index in [1.54, 1.807) is 13.2 Å². The summed E-state index contributed by atoms with van der Waals surface area (Å²) in [6.07, 6.45) is 5.28. The number of halogens is 1. The fourth-order valence-electron chi connectivity index (χ4n) is 3.92. The second-order valence-electron chi connectivity index (χ2n) is 6.40. The van der Waals surface area contributed by atoms with Gasteiger partial charge in [-0.25, -0.2) is 0 Å². The molecule has 25 heavy (non-hydrogen) atoms. The number of nitrogens with zero attached hydrogens (tertiary/aromatic N) is 1. The number of benzene rings is 2. The zero-order chi connectivity index (χ0) is 17.6. The molecule has 2 aliphatic rings. The van der Waals surface area contributed by atoms with E-state index in [1.165, 1.54) is 11.6 Å². The van der Waals surface area contributed by atoms with E-state index >= 15 is 0 Å². The molecular formula is C19H17BrN2O3. The van der Waals surface area contributed by atoms with Crippen molar-refractivity contribution < 1.29 is 9.66 Å². The third-order valence-electron chi connectivity index (χ3n) is 5.08. The van der Waals surface area contributed by atoms with Gasteiger partial charge < -0.3 is 10.1 Å². The number of non-ortho nitro benzene ring substituents is 1. The number of ether oxygens (including phenoxy) is 1. The second-order valence-corrected chi connectivity index (χ2v) is 7.31. The monoisotopic (exact) mass is 400 g/mol. The van der Waals surface area contributed by atoms with E-state index in [1.807, 2.05) is 12.1 Å². The molecule has 3 atom stereocenters. The predicted molar refractivity (Wildman–Crippen MR) is 100 cm³/mol. The summed E-state index contributed by atoms with van der Waals surface area (Å²) in [5.41, 5.74) is 3.07. The third-order valence-corrected chi connectivity index (χ3v) is 5.61. The van der Waals surface area contributed by atoms with E-state index < -0.39 is 0 Å². The Morgan fingerprint density at radius 1 is 1.28 bits per heavy atom. The number of methoxy groups -OCH3 is 1. The Balaban J connectivity index is 1.84. The van der Waals surface area contributed by atoms with Crippen molar-refractivity contribution in [2.45, 2.75) is 18.4 Å². The Bertz CT molecular complexity index is 864. The van der Waals surface area contributed by atoms with Gasteiger partial charge in [0.05, 0.1) is 29.8 Å². The van der Waals surface area contributed by atoms with Gasteiger partial charge in [-0.2, -0.15) is 0 Å². The lowest BCUT2D eigenvalue weighted by Crippen LogP contribution is -2.29. The van der Waals surface area contributed by atoms with Gasteiger partial charge in [0.2, 0.25) is 0 Å². The van der Waals surface area contributed by atoms with Gasteiger partial charge in [-0.3, -0.25) is 10.1 Å². The van der Waals surface area contributed by atoms with Crippen LogP contribution in [0.25, 0.3) is 0 Å². The van der Waals surface area contributed by atoms with Crippen LogP contribution in [0, 0.1) is 16.0 Å². The highest BCUT2D eigenvalue weighted by Crippen LogP contribution is 2.53. The second kappa shape index (κ2) is 6.19. The summed E-state index contributed by atoms with van der Waals surface area (Å²) < 4.78 is 6.50. The zero-order valence-corrected chi connectivity index (χ0v) is 15.2. The fraction of sp³-hybridized carbons (Fsp3) is 0.263. The molecular weight excluding hydrogens is 384 g/mol. The van der Waals surface area contributed by atoms with E-state index in [4.69, 9.17) is 4.74 Å². The topological polar surface area (TPSA) is 64.4 Å². The molecule has 0 amide bonds. The summed E-state index contributed by atoms with van der Waals surface area (Å²) in [6, 6.07) is 11.6. The van der Waals surface area contributed by atoms with Gasteiger partial charge in [0, 0.05) is 16.5 Å². The number of hydrogen-bond donors (Lipinski definition) is 1. The first kappa shape index (κ1) is 16.1. The van der Waals surface area contributed by atoms with Crippen molar-refractivity contribution in [1.29, 1.82) is 0 Å². The Kier molecular flexibility index (Phi) is 4.00. The van der Waals surface area contributed by atoms with Crippen molar-refractivity contribution in [3.63, 3.8) is 0 Å². The van der Waals surface area contributed by atoms with Crippen LogP contribution in [0.4, 0.5) is 11.4 Å². The van der Waals surface area contributed by atoms with Gasteiger partial charge in [-0.15, -0.1) is 0 Å². The van der Waals surface area contributed by atoms with Crippen molar-refractivity contribution in [2.75, 3.05) is 12.4 Å². The maximum atomic E-state index is 11.3. The van der Waals surface area contributed by atoms with E-state index in [0.29, 0.717) is 11.7 Å². The normalized spacial score (nSPS) is 23.5. The van der Waals surface area contributed by atoms with Crippen LogP contribution in [0.1, 0.15) is 29.5 Å². The summed E-state index contributed by atoms with van der Waals surface area (Å²) in [5, 5.41) is 14.9. The number of nitrogens with one attached hydrogen (secondary N) is 1. The van der Waals surface area contributed by atoms with Crippen molar-refractivity contribution in [3.05, 3.63) is 74.3 Å². The third kappa shape index (κ3) is 2.70. The van der Waals surface area contributed by atoms with Crippen LogP contribution in [0.5, 0.6) is 5.75 Å². The number of anilines is 1. The molecule has 1 aliphatic carbocycles. The van der Waals surface area contributed by atoms with Crippen LogP contribution < -0.4 is 10.1 Å². The van der Waals surface area contributed by atoms with E-state index in [-0.39, 0.29) is 22.6 Å². The standard InChI is InChI=1S/C19H17BrN2O3/c1-25-17-10-13(22(23)24)9-16-14-3-2-4-15(14)18(21-19(16)17)11-5-7-12(20)8-6-11/h2-3,5-10,14-15,18,21H,4H2,1H3/t14-,15-,18+/m0/s1. The molecule has 0 spiro atoms. The van der Waals surface area contributed by atoms with Crippen molar-refractivity contribution in [1.82, 2.24) is 0 Å². The average molecular weight is 401 g/mol. The quantitative estimate of drug-likeness (QED) is 0.437. The number of rotatable bonds is 3. The van der Waals surface area contributed by atoms with Gasteiger partial charge in [0.15, 0.2) is 0 Å². The number of nitro groups is 1. The molecule has 1 N–H and O–H groups in total. The molecule has 1 aliphatic heterocycles. The fourth-order valence-corrected chi connectivity index (χ4v) is 4.18. The van der Waals surface area contributed by atoms with Crippen molar-refractivity contribution in [2.24, 2.45) is 5.92 Å². The molecule has 0 saturated carbocycles. The molecule has 0 radical (unpaired) electrons. The maximum absolute atomic E-state index is 11.3. The number of fused-ring (bicyclic) bond motifs is 3. The highest BCUT2D eigenvalue weighted by Gasteiger charge is 2.40. The molecule has 4 rings (SSSR count). The Morgan fingerprint density at radius 2 is 2.04 bits per heavy atom. The number of nitro benzene ring substituents is 1. The molecule has 1 heterocycles. The molecule has 0 saturated heterocycles. The highest BCUT2D eigenvalue weighted by molar-refractivity contribution is 9.10. The number of allylic oxidation sites excluding steroid dienone is 2. The zero-order valence-electron chi connectivity index (χ0n) is 13.6. The molecule has 2 aromatic carbocycles. The van der Waals surface area contributed by atoms with Crippen molar-refractivity contribution in [3.8, 4) is 5.75 Å². The lowest BCUT2D eigenvalue weighted by Gasteiger charge is -2.38. The van der Waals surface area contributed by atoms with Gasteiger partial charge in [0.25, 0.3) is 5.69 Å². The van der Waals surface area contributed by atoms with Crippen LogP contribution in [-0.4, -0.2) is 12.0 Å². The molecule has 0 unspecified atom stereocenters. The molecule has 128 valence electrons. The molecule has 0 aromatic heterocycles. The largest absolute Gasteiger partial charge is 0.494 e. The molecule has 2 aromatic rings. The SMILES string of the molecule is COc1cc([N+](=O)[O-])cc2c1N[C@H](c1ccc(Br)cc1)[C@H]1CC=C[C@H]21. The van der Waals surface area contributed by atoms with Gasteiger partial charge in [-0.05, 0) is 35.6 Å². The maximum Gasteiger partial charge on any atom is 0.273 e. The molecule has 5 nitrogen and oxygen atoms in total. The lowest BCUT2D eigenvalue weighted by molar-refractivity contribution is -0.385. The molecule has 6 heteroatoms. The molecule has 0 fully saturated rings. The van der Waals surface area contributed by atoms with Crippen LogP contribution in [-0.2, 0) is 0 Å². The van der Waals surface area contributed by atoms with Gasteiger partial charge in [0.1, 0.15) is 5.75 Å². The van der Waals surface area contributed by atoms with Crippen LogP contribution >= 0.6 is 15.9 Å². The van der Waals surface area contributed by atoms with Gasteiger partial charge >= 0.3 is 0 Å². The summed E-state index contributed by atoms with van der Waals surface area (Å²) in [4.78, 5) is 10.9. The Morgan fingerprint density at radius 3 is 2.72 bits per heavy atom. The van der Waals surface area contributed by atoms with Crippen LogP contribution in [0.2, 0.25) is 0 Å². The summed E-state index contributed by atoms with van der Waals surface area (Å²) in [5.74, 6) is 1.00. The summed E-state index contributed by atoms with van der Waals surface area (Å²) in [6.45, 7) is 0. The first-order valence-electron chi connectivity index (χ1n) is 8.13. The first-order valence-corrected chi connectivity index (χ1v) is 8.93. The predicted octanol–water partition coefficient (Wildman–Crippen LogP) is 5.19. The van der Waals surface area contributed by atoms with Gasteiger partial charge in [-0.1, -0.05) is 40.2 Å². The smallest absolute Gasteiger partial charge is 0.273 e. The minimum Gasteiger partial charge on any atom is -0.494 e. The highest BCUT2D eigenvalue weighted by atomic mass is 79.9. The molecule has 0 bridgehead atoms. The lowest BCUT2D eigenvalue weighted by atomic mass is 9.76. The van der Waals surface area contributed by atoms with E-state index in [0.717, 1.165) is 22.1 Å². The van der Waals surface area contributed by atoms with E-state index in [9.17, 15) is 10.1 Å². The summed E-state index contributed by atoms with van der Waals surface area (Å²) in [7, 11) is 1.55.